The Hall–Kier alpha value is -0.540. The van der Waals surface area contributed by atoms with Gasteiger partial charge in [0.2, 0.25) is 0 Å². The summed E-state index contributed by atoms with van der Waals surface area (Å²) in [7, 11) is 0. The number of rotatable bonds is 3. The van der Waals surface area contributed by atoms with Crippen LogP contribution in [-0.4, -0.2) is 12.6 Å². The fourth-order valence-electron chi connectivity index (χ4n) is 3.94. The number of hydrogen-bond donors (Lipinski definition) is 1. The molecule has 0 aromatic heterocycles. The second-order valence-corrected chi connectivity index (χ2v) is 8.01. The lowest BCUT2D eigenvalue weighted by Crippen LogP contribution is -2.38. The van der Waals surface area contributed by atoms with E-state index in [4.69, 9.17) is 10.5 Å². The average molecular weight is 352 g/mol. The lowest BCUT2D eigenvalue weighted by Gasteiger charge is -2.36. The zero-order chi connectivity index (χ0) is 15.0. The summed E-state index contributed by atoms with van der Waals surface area (Å²) in [5.74, 6) is 3.33. The molecule has 0 amide bonds. The van der Waals surface area contributed by atoms with Gasteiger partial charge >= 0.3 is 0 Å². The van der Waals surface area contributed by atoms with Crippen molar-refractivity contribution in [2.75, 3.05) is 6.61 Å². The number of benzene rings is 1. The molecular weight excluding hydrogens is 326 g/mol. The molecule has 3 rings (SSSR count). The van der Waals surface area contributed by atoms with E-state index >= 15 is 0 Å². The molecule has 1 aromatic carbocycles. The number of fused-ring (bicyclic) bond motifs is 1. The number of nitrogens with two attached hydrogens (primary N) is 1. The highest BCUT2D eigenvalue weighted by molar-refractivity contribution is 9.10. The molecule has 1 saturated carbocycles. The molecule has 0 radical (unpaired) electrons. The summed E-state index contributed by atoms with van der Waals surface area (Å²) in [6.45, 7) is 5.51. The molecule has 0 saturated heterocycles. The average Bonchev–Trinajstić information content (AvgIpc) is 2.89. The fourth-order valence-corrected chi connectivity index (χ4v) is 4.50. The van der Waals surface area contributed by atoms with Crippen molar-refractivity contribution in [2.45, 2.75) is 52.0 Å². The van der Waals surface area contributed by atoms with E-state index in [1.54, 1.807) is 0 Å². The molecule has 21 heavy (non-hydrogen) atoms. The first-order valence-corrected chi connectivity index (χ1v) is 9.03. The SMILES string of the molecule is CC(C)C1CCC(N)C(Cc2cc(Br)cc3c2OCC3)C1. The maximum Gasteiger partial charge on any atom is 0.125 e. The molecule has 1 heterocycles. The first kappa shape index (κ1) is 15.4. The molecule has 3 atom stereocenters. The fraction of sp³-hybridized carbons (Fsp3) is 0.667. The van der Waals surface area contributed by atoms with Gasteiger partial charge in [-0.25, -0.2) is 0 Å². The van der Waals surface area contributed by atoms with Gasteiger partial charge in [-0.1, -0.05) is 29.8 Å². The van der Waals surface area contributed by atoms with Crippen LogP contribution in [0, 0.1) is 17.8 Å². The van der Waals surface area contributed by atoms with Gasteiger partial charge in [0.15, 0.2) is 0 Å². The van der Waals surface area contributed by atoms with Gasteiger partial charge < -0.3 is 10.5 Å². The van der Waals surface area contributed by atoms with Crippen LogP contribution in [0.25, 0.3) is 0 Å². The summed E-state index contributed by atoms with van der Waals surface area (Å²) >= 11 is 3.64. The van der Waals surface area contributed by atoms with Gasteiger partial charge in [-0.2, -0.15) is 0 Å². The highest BCUT2D eigenvalue weighted by atomic mass is 79.9. The third-order valence-electron chi connectivity index (χ3n) is 5.33. The van der Waals surface area contributed by atoms with Crippen molar-refractivity contribution in [2.24, 2.45) is 23.5 Å². The van der Waals surface area contributed by atoms with E-state index in [1.165, 1.54) is 34.9 Å². The van der Waals surface area contributed by atoms with Crippen LogP contribution in [0.15, 0.2) is 16.6 Å². The second-order valence-electron chi connectivity index (χ2n) is 7.10. The third-order valence-corrected chi connectivity index (χ3v) is 5.79. The standard InChI is InChI=1S/C18H26BrNO/c1-11(2)12-3-4-17(20)14(7-12)8-15-10-16(19)9-13-5-6-21-18(13)15/h9-12,14,17H,3-8,20H2,1-2H3. The Labute approximate surface area is 136 Å². The topological polar surface area (TPSA) is 35.2 Å². The first-order chi connectivity index (χ1) is 10.0. The largest absolute Gasteiger partial charge is 0.493 e. The van der Waals surface area contributed by atoms with Crippen molar-refractivity contribution in [3.8, 4) is 5.75 Å². The van der Waals surface area contributed by atoms with E-state index < -0.39 is 0 Å². The lowest BCUT2D eigenvalue weighted by molar-refractivity contribution is 0.188. The molecule has 0 spiro atoms. The van der Waals surface area contributed by atoms with Crippen LogP contribution in [0.5, 0.6) is 5.75 Å². The lowest BCUT2D eigenvalue weighted by atomic mass is 9.72. The maximum atomic E-state index is 6.42. The monoisotopic (exact) mass is 351 g/mol. The minimum atomic E-state index is 0.344. The third kappa shape index (κ3) is 3.29. The van der Waals surface area contributed by atoms with Gasteiger partial charge in [-0.05, 0) is 66.7 Å². The molecule has 0 bridgehead atoms. The van der Waals surface area contributed by atoms with Crippen molar-refractivity contribution < 1.29 is 4.74 Å². The predicted molar refractivity (Wildman–Crippen MR) is 90.7 cm³/mol. The van der Waals surface area contributed by atoms with E-state index in [0.29, 0.717) is 12.0 Å². The van der Waals surface area contributed by atoms with Gasteiger partial charge in [0, 0.05) is 16.9 Å². The van der Waals surface area contributed by atoms with E-state index in [1.807, 2.05) is 0 Å². The van der Waals surface area contributed by atoms with Crippen LogP contribution in [0.2, 0.25) is 0 Å². The predicted octanol–water partition coefficient (Wildman–Crippen LogP) is 4.33. The van der Waals surface area contributed by atoms with E-state index in [9.17, 15) is 0 Å². The number of hydrogen-bond acceptors (Lipinski definition) is 2. The first-order valence-electron chi connectivity index (χ1n) is 8.24. The molecule has 2 N–H and O–H groups in total. The molecule has 116 valence electrons. The number of halogens is 1. The Morgan fingerprint density at radius 1 is 1.33 bits per heavy atom. The quantitative estimate of drug-likeness (QED) is 0.879. The van der Waals surface area contributed by atoms with E-state index in [0.717, 1.165) is 37.0 Å². The summed E-state index contributed by atoms with van der Waals surface area (Å²) in [6.07, 6.45) is 5.83. The van der Waals surface area contributed by atoms with Crippen LogP contribution in [-0.2, 0) is 12.8 Å². The van der Waals surface area contributed by atoms with E-state index in [-0.39, 0.29) is 0 Å². The smallest absolute Gasteiger partial charge is 0.125 e. The Bertz CT molecular complexity index is 514. The van der Waals surface area contributed by atoms with Crippen molar-refractivity contribution in [1.82, 2.24) is 0 Å². The van der Waals surface area contributed by atoms with E-state index in [2.05, 4.69) is 41.9 Å². The van der Waals surface area contributed by atoms with Gasteiger partial charge in [0.1, 0.15) is 5.75 Å². The van der Waals surface area contributed by atoms with Gasteiger partial charge in [-0.3, -0.25) is 0 Å². The minimum absolute atomic E-state index is 0.344. The summed E-state index contributed by atoms with van der Waals surface area (Å²) in [6, 6.07) is 4.77. The maximum absolute atomic E-state index is 6.42. The molecule has 1 aliphatic heterocycles. The Morgan fingerprint density at radius 3 is 2.90 bits per heavy atom. The van der Waals surface area contributed by atoms with Crippen molar-refractivity contribution >= 4 is 15.9 Å². The van der Waals surface area contributed by atoms with Crippen LogP contribution in [0.4, 0.5) is 0 Å². The number of ether oxygens (including phenoxy) is 1. The van der Waals surface area contributed by atoms with Crippen molar-refractivity contribution in [3.63, 3.8) is 0 Å². The molecule has 2 aliphatic rings. The summed E-state index contributed by atoms with van der Waals surface area (Å²) in [4.78, 5) is 0. The highest BCUT2D eigenvalue weighted by Crippen LogP contribution is 2.39. The molecule has 2 nitrogen and oxygen atoms in total. The van der Waals surface area contributed by atoms with Crippen LogP contribution in [0.3, 0.4) is 0 Å². The molecule has 3 unspecified atom stereocenters. The zero-order valence-corrected chi connectivity index (χ0v) is 14.7. The molecular formula is C18H26BrNO. The van der Waals surface area contributed by atoms with Crippen LogP contribution < -0.4 is 10.5 Å². The second kappa shape index (κ2) is 6.29. The molecule has 1 fully saturated rings. The van der Waals surface area contributed by atoms with Crippen LogP contribution in [0.1, 0.15) is 44.2 Å². The molecule has 1 aromatic rings. The Morgan fingerprint density at radius 2 is 2.14 bits per heavy atom. The summed E-state index contributed by atoms with van der Waals surface area (Å²) in [5.41, 5.74) is 9.12. The zero-order valence-electron chi connectivity index (χ0n) is 13.1. The normalized spacial score (nSPS) is 28.5. The summed E-state index contributed by atoms with van der Waals surface area (Å²) < 4.78 is 7.05. The highest BCUT2D eigenvalue weighted by Gasteiger charge is 2.31. The van der Waals surface area contributed by atoms with Crippen LogP contribution >= 0.6 is 15.9 Å². The Balaban J connectivity index is 1.79. The minimum Gasteiger partial charge on any atom is -0.493 e. The molecule has 1 aliphatic carbocycles. The van der Waals surface area contributed by atoms with Crippen molar-refractivity contribution in [3.05, 3.63) is 27.7 Å². The van der Waals surface area contributed by atoms with Gasteiger partial charge in [0.05, 0.1) is 6.61 Å². The molecule has 3 heteroatoms. The Kier molecular flexibility index (Phi) is 4.60. The summed E-state index contributed by atoms with van der Waals surface area (Å²) in [5, 5.41) is 0. The van der Waals surface area contributed by atoms with Crippen molar-refractivity contribution in [1.29, 1.82) is 0 Å². The van der Waals surface area contributed by atoms with Gasteiger partial charge in [-0.15, -0.1) is 0 Å². The van der Waals surface area contributed by atoms with Gasteiger partial charge in [0.25, 0.3) is 0 Å².